The van der Waals surface area contributed by atoms with Gasteiger partial charge in [-0.2, -0.15) is 0 Å². The average molecular weight is 358 g/mol. The Kier molecular flexibility index (Phi) is 6.61. The van der Waals surface area contributed by atoms with Crippen LogP contribution in [0, 0.1) is 20.2 Å². The molecule has 0 atom stereocenters. The Labute approximate surface area is 154 Å². The zero-order valence-electron chi connectivity index (χ0n) is 16.1. The number of nitrogens with zero attached hydrogens (tertiary/aromatic N) is 2. The molecule has 0 aliphatic heterocycles. The van der Waals surface area contributed by atoms with Crippen molar-refractivity contribution in [3.05, 3.63) is 79.9 Å². The normalized spacial score (nSPS) is 11.3. The van der Waals surface area contributed by atoms with E-state index in [1.807, 2.05) is 26.8 Å². The summed E-state index contributed by atoms with van der Waals surface area (Å²) in [5, 5.41) is 20.9. The first kappa shape index (κ1) is 21.3. The lowest BCUT2D eigenvalue weighted by atomic mass is 9.87. The molecule has 0 saturated carbocycles. The third-order valence-electron chi connectivity index (χ3n) is 3.87. The molecule has 140 valence electrons. The molecule has 0 amide bonds. The number of hydrogen-bond acceptors (Lipinski definition) is 4. The van der Waals surface area contributed by atoms with Crippen molar-refractivity contribution in [2.45, 2.75) is 52.4 Å². The molecule has 26 heavy (non-hydrogen) atoms. The van der Waals surface area contributed by atoms with Crippen molar-refractivity contribution in [2.75, 3.05) is 0 Å². The van der Waals surface area contributed by atoms with Gasteiger partial charge in [0, 0.05) is 24.3 Å². The number of nitro groups is 2. The summed E-state index contributed by atoms with van der Waals surface area (Å²) in [5.74, 6) is 0. The van der Waals surface area contributed by atoms with Crippen molar-refractivity contribution in [1.29, 1.82) is 0 Å². The van der Waals surface area contributed by atoms with Gasteiger partial charge in [-0.05, 0) is 22.0 Å². The molecule has 0 aliphatic carbocycles. The lowest BCUT2D eigenvalue weighted by molar-refractivity contribution is -0.385. The summed E-state index contributed by atoms with van der Waals surface area (Å²) < 4.78 is 0. The first-order chi connectivity index (χ1) is 11.8. The molecule has 6 nitrogen and oxygen atoms in total. The maximum absolute atomic E-state index is 10.5. The zero-order valence-corrected chi connectivity index (χ0v) is 16.1. The highest BCUT2D eigenvalue weighted by Gasteiger charge is 2.16. The van der Waals surface area contributed by atoms with E-state index >= 15 is 0 Å². The van der Waals surface area contributed by atoms with E-state index in [0.717, 1.165) is 11.1 Å². The number of nitro benzene ring substituents is 2. The Hall–Kier alpha value is -2.76. The fraction of sp³-hybridized carbons (Fsp3) is 0.400. The van der Waals surface area contributed by atoms with E-state index in [1.54, 1.807) is 36.4 Å². The van der Waals surface area contributed by atoms with Crippen LogP contribution in [0.25, 0.3) is 0 Å². The quantitative estimate of drug-likeness (QED) is 0.502. The molecule has 0 aromatic heterocycles. The molecule has 6 heteroatoms. The van der Waals surface area contributed by atoms with Crippen LogP contribution in [0.2, 0.25) is 0 Å². The predicted octanol–water partition coefficient (Wildman–Crippen LogP) is 5.78. The van der Waals surface area contributed by atoms with E-state index in [-0.39, 0.29) is 32.1 Å². The lowest BCUT2D eigenvalue weighted by Crippen LogP contribution is -2.10. The maximum Gasteiger partial charge on any atom is 0.269 e. The van der Waals surface area contributed by atoms with Crippen molar-refractivity contribution >= 4 is 11.4 Å². The SMILES string of the molecule is CC(C)(C)c1ccc([N+](=O)[O-])cc1.CC(C)(C)c1cccc([N+](=O)[O-])c1. The third-order valence-corrected chi connectivity index (χ3v) is 3.87. The molecule has 0 saturated heterocycles. The zero-order chi connectivity index (χ0) is 20.1. The first-order valence-corrected chi connectivity index (χ1v) is 8.32. The van der Waals surface area contributed by atoms with Gasteiger partial charge in [0.05, 0.1) is 9.85 Å². The second kappa shape index (κ2) is 8.08. The Balaban J connectivity index is 0.000000260. The monoisotopic (exact) mass is 358 g/mol. The van der Waals surface area contributed by atoms with Gasteiger partial charge in [-0.3, -0.25) is 20.2 Å². The molecule has 0 bridgehead atoms. The molecule has 0 unspecified atom stereocenters. The molecular weight excluding hydrogens is 332 g/mol. The number of hydrogen-bond donors (Lipinski definition) is 0. The molecule has 2 rings (SSSR count). The van der Waals surface area contributed by atoms with E-state index in [0.29, 0.717) is 0 Å². The summed E-state index contributed by atoms with van der Waals surface area (Å²) in [6.07, 6.45) is 0. The average Bonchev–Trinajstić information content (AvgIpc) is 2.54. The van der Waals surface area contributed by atoms with E-state index in [1.165, 1.54) is 6.07 Å². The molecule has 0 fully saturated rings. The van der Waals surface area contributed by atoms with Crippen LogP contribution >= 0.6 is 0 Å². The van der Waals surface area contributed by atoms with Crippen LogP contribution < -0.4 is 0 Å². The summed E-state index contributed by atoms with van der Waals surface area (Å²) in [4.78, 5) is 20.1. The molecule has 2 aromatic carbocycles. The summed E-state index contributed by atoms with van der Waals surface area (Å²) in [5.41, 5.74) is 2.42. The minimum Gasteiger partial charge on any atom is -0.258 e. The van der Waals surface area contributed by atoms with Crippen LogP contribution in [0.5, 0.6) is 0 Å². The Bertz CT molecular complexity index is 770. The molecule has 0 N–H and O–H groups in total. The number of benzene rings is 2. The van der Waals surface area contributed by atoms with Crippen molar-refractivity contribution in [2.24, 2.45) is 0 Å². The summed E-state index contributed by atoms with van der Waals surface area (Å²) >= 11 is 0. The van der Waals surface area contributed by atoms with Gasteiger partial charge in [0.2, 0.25) is 0 Å². The smallest absolute Gasteiger partial charge is 0.258 e. The van der Waals surface area contributed by atoms with Crippen molar-refractivity contribution in [3.63, 3.8) is 0 Å². The first-order valence-electron chi connectivity index (χ1n) is 8.32. The second-order valence-corrected chi connectivity index (χ2v) is 8.11. The van der Waals surface area contributed by atoms with Gasteiger partial charge < -0.3 is 0 Å². The predicted molar refractivity (Wildman–Crippen MR) is 104 cm³/mol. The van der Waals surface area contributed by atoms with Crippen LogP contribution in [-0.2, 0) is 10.8 Å². The van der Waals surface area contributed by atoms with Crippen molar-refractivity contribution < 1.29 is 9.85 Å². The van der Waals surface area contributed by atoms with Gasteiger partial charge in [0.15, 0.2) is 0 Å². The van der Waals surface area contributed by atoms with E-state index in [2.05, 4.69) is 20.8 Å². The van der Waals surface area contributed by atoms with E-state index in [4.69, 9.17) is 0 Å². The van der Waals surface area contributed by atoms with E-state index < -0.39 is 0 Å². The van der Waals surface area contributed by atoms with Crippen molar-refractivity contribution in [3.8, 4) is 0 Å². The van der Waals surface area contributed by atoms with Gasteiger partial charge in [-0.25, -0.2) is 0 Å². The second-order valence-electron chi connectivity index (χ2n) is 8.11. The highest BCUT2D eigenvalue weighted by Crippen LogP contribution is 2.25. The van der Waals surface area contributed by atoms with Crippen LogP contribution in [0.1, 0.15) is 52.7 Å². The lowest BCUT2D eigenvalue weighted by Gasteiger charge is -2.18. The summed E-state index contributed by atoms with van der Waals surface area (Å²) in [6.45, 7) is 12.3. The maximum atomic E-state index is 10.5. The Morgan fingerprint density at radius 2 is 1.12 bits per heavy atom. The highest BCUT2D eigenvalue weighted by atomic mass is 16.6. The molecule has 0 spiro atoms. The Morgan fingerprint density at radius 3 is 1.50 bits per heavy atom. The minimum atomic E-state index is -0.383. The molecule has 0 aliphatic rings. The van der Waals surface area contributed by atoms with E-state index in [9.17, 15) is 20.2 Å². The van der Waals surface area contributed by atoms with Crippen LogP contribution in [0.4, 0.5) is 11.4 Å². The Morgan fingerprint density at radius 1 is 0.654 bits per heavy atom. The molecular formula is C20H26N2O4. The fourth-order valence-corrected chi connectivity index (χ4v) is 2.17. The molecule has 0 radical (unpaired) electrons. The summed E-state index contributed by atoms with van der Waals surface area (Å²) in [6, 6.07) is 13.5. The number of rotatable bonds is 2. The van der Waals surface area contributed by atoms with Crippen LogP contribution in [0.3, 0.4) is 0 Å². The molecule has 0 heterocycles. The topological polar surface area (TPSA) is 86.3 Å². The van der Waals surface area contributed by atoms with Gasteiger partial charge in [-0.1, -0.05) is 65.8 Å². The number of non-ortho nitro benzene ring substituents is 2. The fourth-order valence-electron chi connectivity index (χ4n) is 2.17. The van der Waals surface area contributed by atoms with Crippen molar-refractivity contribution in [1.82, 2.24) is 0 Å². The van der Waals surface area contributed by atoms with Crippen LogP contribution in [-0.4, -0.2) is 9.85 Å². The van der Waals surface area contributed by atoms with Gasteiger partial charge in [-0.15, -0.1) is 0 Å². The third kappa shape index (κ3) is 6.27. The van der Waals surface area contributed by atoms with Gasteiger partial charge in [0.1, 0.15) is 0 Å². The van der Waals surface area contributed by atoms with Crippen LogP contribution in [0.15, 0.2) is 48.5 Å². The van der Waals surface area contributed by atoms with Gasteiger partial charge in [0.25, 0.3) is 11.4 Å². The minimum absolute atomic E-state index is 0.0357. The molecule has 2 aromatic rings. The highest BCUT2D eigenvalue weighted by molar-refractivity contribution is 5.37. The van der Waals surface area contributed by atoms with Gasteiger partial charge >= 0.3 is 0 Å². The largest absolute Gasteiger partial charge is 0.269 e. The summed E-state index contributed by atoms with van der Waals surface area (Å²) in [7, 11) is 0. The standard InChI is InChI=1S/2C10H13NO2/c1-10(2,3)8-4-6-9(7-5-8)11(12)13;1-10(2,3)8-5-4-6-9(7-8)11(12)13/h2*4-7H,1-3H3.